The Bertz CT molecular complexity index is 2460. The van der Waals surface area contributed by atoms with Crippen LogP contribution in [0.4, 0.5) is 20.2 Å². The fraction of sp³-hybridized carbons (Fsp3) is 0.413. The maximum Gasteiger partial charge on any atom is 0.427 e. The molecule has 4 aromatic carbocycles. The van der Waals surface area contributed by atoms with Gasteiger partial charge in [0.05, 0.1) is 22.1 Å². The predicted molar refractivity (Wildman–Crippen MR) is 252 cm³/mol. The van der Waals surface area contributed by atoms with Crippen molar-refractivity contribution < 1.29 is 35.1 Å². The third-order valence-electron chi connectivity index (χ3n) is 11.8. The van der Waals surface area contributed by atoms with E-state index >= 15 is 0 Å². The molecule has 2 heterocycles. The molecule has 0 radical (unpaired) electrons. The molecule has 3 aliphatic rings. The van der Waals surface area contributed by atoms with E-state index in [4.69, 9.17) is 27.9 Å². The van der Waals surface area contributed by atoms with Gasteiger partial charge in [-0.05, 0) is 128 Å². The van der Waals surface area contributed by atoms with Crippen LogP contribution in [-0.2, 0) is 24.6 Å². The van der Waals surface area contributed by atoms with Crippen molar-refractivity contribution in [3.05, 3.63) is 119 Å². The van der Waals surface area contributed by atoms with E-state index in [0.717, 1.165) is 86.3 Å². The second-order valence-corrected chi connectivity index (χ2v) is 22.1. The Morgan fingerprint density at radius 2 is 1.53 bits per heavy atom. The molecule has 7 rings (SSSR count). The zero-order valence-electron chi connectivity index (χ0n) is 35.4. The number of allylic oxidation sites excluding steroid dienone is 1. The number of nitrogens with zero attached hydrogens (tertiary/aromatic N) is 3. The van der Waals surface area contributed by atoms with Crippen LogP contribution in [0.25, 0.3) is 5.57 Å². The van der Waals surface area contributed by atoms with E-state index in [1.165, 1.54) is 53.4 Å². The number of hydrogen-bond donors (Lipinski definition) is 2. The number of amides is 1. The standard InChI is InChI=1S/C46H53Cl2F2N5O6S3/c47-37-15-11-34(12-16-37)42-10-5-4-7-36(42)32-54-24-26-55(27-25-54)39-17-13-35(14-18-39)45(56)52-64(59,60)41-19-20-43(44(31-41)63(57,58)46(48,49)50)51-38(33-62-40-8-2-1-3-9-40)21-23-53-22-6-29-61-30-28-53/h1-3,8-9,11-20,31,38,51H,4-7,10,21-30,32-33H2,(H,52,56)/t38-/m1/s1. The van der Waals surface area contributed by atoms with Crippen molar-refractivity contribution in [2.75, 3.05) is 81.5 Å². The van der Waals surface area contributed by atoms with Gasteiger partial charge in [0.1, 0.15) is 0 Å². The minimum Gasteiger partial charge on any atom is -0.380 e. The maximum absolute atomic E-state index is 14.6. The molecule has 0 bridgehead atoms. The average molecular weight is 977 g/mol. The maximum atomic E-state index is 14.6. The van der Waals surface area contributed by atoms with Crippen LogP contribution in [0.3, 0.4) is 0 Å². The van der Waals surface area contributed by atoms with E-state index in [1.807, 2.05) is 47.2 Å². The Labute approximate surface area is 389 Å². The van der Waals surface area contributed by atoms with E-state index in [9.17, 15) is 30.4 Å². The average Bonchev–Trinajstić information content (AvgIpc) is 3.57. The van der Waals surface area contributed by atoms with Crippen LogP contribution in [-0.4, -0.2) is 115 Å². The third-order valence-corrected chi connectivity index (χ3v) is 16.7. The van der Waals surface area contributed by atoms with Gasteiger partial charge in [0.2, 0.25) is 0 Å². The zero-order valence-corrected chi connectivity index (χ0v) is 39.3. The summed E-state index contributed by atoms with van der Waals surface area (Å²) >= 11 is 12.8. The highest BCUT2D eigenvalue weighted by Gasteiger charge is 2.46. The Kier molecular flexibility index (Phi) is 16.3. The van der Waals surface area contributed by atoms with Crippen molar-refractivity contribution in [1.82, 2.24) is 14.5 Å². The number of ether oxygens (including phenoxy) is 1. The van der Waals surface area contributed by atoms with Crippen molar-refractivity contribution in [1.29, 1.82) is 0 Å². The molecule has 2 N–H and O–H groups in total. The van der Waals surface area contributed by atoms with Gasteiger partial charge in [0, 0.05) is 91.9 Å². The number of nitrogens with one attached hydrogen (secondary N) is 2. The molecule has 64 heavy (non-hydrogen) atoms. The molecule has 1 aliphatic carbocycles. The van der Waals surface area contributed by atoms with Crippen molar-refractivity contribution in [2.24, 2.45) is 0 Å². The first-order valence-electron chi connectivity index (χ1n) is 21.5. The summed E-state index contributed by atoms with van der Waals surface area (Å²) in [6.45, 7) is 7.50. The number of halogens is 4. The molecule has 4 aromatic rings. The van der Waals surface area contributed by atoms with Crippen molar-refractivity contribution in [3.63, 3.8) is 0 Å². The first-order valence-corrected chi connectivity index (χ1v) is 26.2. The number of anilines is 2. The lowest BCUT2D eigenvalue weighted by Gasteiger charge is -2.37. The number of benzene rings is 4. The lowest BCUT2D eigenvalue weighted by Crippen LogP contribution is -2.47. The molecule has 2 aliphatic heterocycles. The van der Waals surface area contributed by atoms with Crippen LogP contribution in [0, 0.1) is 0 Å². The van der Waals surface area contributed by atoms with Crippen LogP contribution >= 0.6 is 35.0 Å². The van der Waals surface area contributed by atoms with Crippen molar-refractivity contribution in [2.45, 2.75) is 64.0 Å². The summed E-state index contributed by atoms with van der Waals surface area (Å²) in [6.07, 6.45) is 5.85. The highest BCUT2D eigenvalue weighted by molar-refractivity contribution is 7.99. The number of piperazine rings is 1. The summed E-state index contributed by atoms with van der Waals surface area (Å²) < 4.78 is 85.9. The number of sulfone groups is 1. The molecule has 2 fully saturated rings. The molecule has 344 valence electrons. The number of carbonyl (C=O) groups is 1. The van der Waals surface area contributed by atoms with E-state index in [-0.39, 0.29) is 11.3 Å². The summed E-state index contributed by atoms with van der Waals surface area (Å²) in [5.41, 5.74) is 4.80. The first-order chi connectivity index (χ1) is 30.7. The smallest absolute Gasteiger partial charge is 0.380 e. The second-order valence-electron chi connectivity index (χ2n) is 16.2. The topological polar surface area (TPSA) is 128 Å². The quantitative estimate of drug-likeness (QED) is 0.0779. The predicted octanol–water partition coefficient (Wildman–Crippen LogP) is 8.86. The van der Waals surface area contributed by atoms with Gasteiger partial charge in [-0.1, -0.05) is 47.5 Å². The van der Waals surface area contributed by atoms with Gasteiger partial charge in [-0.3, -0.25) is 9.69 Å². The van der Waals surface area contributed by atoms with Gasteiger partial charge in [0.25, 0.3) is 25.8 Å². The van der Waals surface area contributed by atoms with Gasteiger partial charge in [-0.25, -0.2) is 21.6 Å². The van der Waals surface area contributed by atoms with Gasteiger partial charge < -0.3 is 19.9 Å². The molecule has 1 amide bonds. The highest BCUT2D eigenvalue weighted by atomic mass is 35.5. The lowest BCUT2D eigenvalue weighted by molar-refractivity contribution is 0.0981. The van der Waals surface area contributed by atoms with E-state index < -0.39 is 46.3 Å². The minimum atomic E-state index is -5.62. The Hall–Kier alpha value is -3.74. The van der Waals surface area contributed by atoms with Crippen LogP contribution in [0.2, 0.25) is 5.02 Å². The van der Waals surface area contributed by atoms with Crippen LogP contribution < -0.4 is 14.9 Å². The Morgan fingerprint density at radius 3 is 2.25 bits per heavy atom. The van der Waals surface area contributed by atoms with Gasteiger partial charge in [-0.15, -0.1) is 11.8 Å². The Balaban J connectivity index is 1.02. The summed E-state index contributed by atoms with van der Waals surface area (Å²) in [5, 5.41) is 3.84. The molecule has 1 atom stereocenters. The fourth-order valence-corrected chi connectivity index (χ4v) is 11.7. The van der Waals surface area contributed by atoms with E-state index in [0.29, 0.717) is 44.5 Å². The number of alkyl halides is 3. The number of thioether (sulfide) groups is 1. The second kappa shape index (κ2) is 21.7. The van der Waals surface area contributed by atoms with Crippen LogP contribution in [0.5, 0.6) is 0 Å². The summed E-state index contributed by atoms with van der Waals surface area (Å²) in [4.78, 5) is 19.5. The number of sulfonamides is 1. The monoisotopic (exact) mass is 975 g/mol. The summed E-state index contributed by atoms with van der Waals surface area (Å²) in [6, 6.07) is 26.5. The zero-order chi connectivity index (χ0) is 45.3. The SMILES string of the molecule is O=C(NS(=O)(=O)c1ccc(N[C@H](CCN2CCCOCC2)CSc2ccccc2)c(S(=O)(=O)C(F)(F)Cl)c1)c1ccc(N2CCN(CC3=C(c4ccc(Cl)cc4)CCCC3)CC2)cc1. The van der Waals surface area contributed by atoms with Crippen LogP contribution in [0.15, 0.2) is 117 Å². The minimum absolute atomic E-state index is 0.0399. The molecule has 18 heteroatoms. The summed E-state index contributed by atoms with van der Waals surface area (Å²) in [5.74, 6) is -0.541. The number of rotatable bonds is 17. The molecule has 11 nitrogen and oxygen atoms in total. The lowest BCUT2D eigenvalue weighted by atomic mass is 9.87. The normalized spacial score (nSPS) is 17.8. The highest BCUT2D eigenvalue weighted by Crippen LogP contribution is 2.38. The fourth-order valence-electron chi connectivity index (χ4n) is 8.27. The number of hydrogen-bond acceptors (Lipinski definition) is 11. The molecule has 0 aromatic heterocycles. The van der Waals surface area contributed by atoms with Crippen molar-refractivity contribution >= 4 is 77.7 Å². The first kappa shape index (κ1) is 48.2. The van der Waals surface area contributed by atoms with Gasteiger partial charge in [0.15, 0.2) is 0 Å². The molecule has 0 unspecified atom stereocenters. The number of carbonyl (C=O) groups excluding carboxylic acids is 1. The van der Waals surface area contributed by atoms with E-state index in [1.54, 1.807) is 12.1 Å². The molecule has 2 saturated heterocycles. The van der Waals surface area contributed by atoms with Gasteiger partial charge >= 0.3 is 4.71 Å². The molecular formula is C46H53Cl2F2N5O6S3. The Morgan fingerprint density at radius 1 is 0.812 bits per heavy atom. The van der Waals surface area contributed by atoms with Gasteiger partial charge in [-0.2, -0.15) is 8.78 Å². The molecule has 0 spiro atoms. The van der Waals surface area contributed by atoms with Crippen LogP contribution in [0.1, 0.15) is 54.4 Å². The third kappa shape index (κ3) is 12.6. The van der Waals surface area contributed by atoms with E-state index in [2.05, 4.69) is 32.1 Å². The molecule has 0 saturated carbocycles. The van der Waals surface area contributed by atoms with Crippen molar-refractivity contribution in [3.8, 4) is 0 Å². The largest absolute Gasteiger partial charge is 0.427 e. The molecular weight excluding hydrogens is 924 g/mol. The summed E-state index contributed by atoms with van der Waals surface area (Å²) in [7, 11) is -10.4.